The Balaban J connectivity index is 1.68. The highest BCUT2D eigenvalue weighted by molar-refractivity contribution is 7.98. The van der Waals surface area contributed by atoms with Crippen LogP contribution < -0.4 is 10.0 Å². The van der Waals surface area contributed by atoms with E-state index < -0.39 is 11.0 Å². The second kappa shape index (κ2) is 6.36. The number of nitro groups is 1. The van der Waals surface area contributed by atoms with E-state index in [0.29, 0.717) is 15.9 Å². The van der Waals surface area contributed by atoms with E-state index in [4.69, 9.17) is 4.52 Å². The van der Waals surface area contributed by atoms with Crippen LogP contribution in [0.5, 0.6) is 0 Å². The van der Waals surface area contributed by atoms with Crippen LogP contribution in [0.25, 0.3) is 11.0 Å². The van der Waals surface area contributed by atoms with E-state index in [1.54, 1.807) is 42.5 Å². The number of aromatic nitrogens is 1. The quantitative estimate of drug-likeness (QED) is 0.430. The van der Waals surface area contributed by atoms with Crippen molar-refractivity contribution in [3.63, 3.8) is 0 Å². The summed E-state index contributed by atoms with van der Waals surface area (Å²) in [7, 11) is 0. The molecule has 0 saturated heterocycles. The highest BCUT2D eigenvalue weighted by Crippen LogP contribution is 2.27. The minimum Gasteiger partial charge on any atom is -0.354 e. The van der Waals surface area contributed by atoms with Crippen LogP contribution in [0.4, 0.5) is 16.3 Å². The number of anilines is 1. The Morgan fingerprint density at radius 3 is 2.74 bits per heavy atom. The van der Waals surface area contributed by atoms with Crippen molar-refractivity contribution < 1.29 is 14.2 Å². The normalized spacial score (nSPS) is 10.4. The summed E-state index contributed by atoms with van der Waals surface area (Å²) in [6, 6.07) is 12.6. The Hall–Kier alpha value is -3.07. The Labute approximate surface area is 134 Å². The molecule has 0 saturated carbocycles. The molecule has 3 rings (SSSR count). The highest BCUT2D eigenvalue weighted by Gasteiger charge is 2.15. The molecule has 116 valence electrons. The maximum Gasteiger partial charge on any atom is 0.330 e. The lowest BCUT2D eigenvalue weighted by atomic mass is 10.2. The van der Waals surface area contributed by atoms with Gasteiger partial charge in [0.2, 0.25) is 0 Å². The number of carbonyl (C=O) groups excluding carboxylic acids is 1. The van der Waals surface area contributed by atoms with Gasteiger partial charge in [-0.15, -0.1) is 0 Å². The van der Waals surface area contributed by atoms with Gasteiger partial charge in [0.25, 0.3) is 5.69 Å². The Morgan fingerprint density at radius 1 is 1.17 bits per heavy atom. The van der Waals surface area contributed by atoms with Crippen LogP contribution in [0.3, 0.4) is 0 Å². The summed E-state index contributed by atoms with van der Waals surface area (Å²) in [5, 5.41) is 17.9. The van der Waals surface area contributed by atoms with Gasteiger partial charge in [-0.05, 0) is 30.1 Å². The molecule has 8 nitrogen and oxygen atoms in total. The lowest BCUT2D eigenvalue weighted by molar-refractivity contribution is -0.387. The van der Waals surface area contributed by atoms with Crippen LogP contribution in [0.1, 0.15) is 0 Å². The topological polar surface area (TPSA) is 110 Å². The summed E-state index contributed by atoms with van der Waals surface area (Å²) in [6.45, 7) is 0. The van der Waals surface area contributed by atoms with Crippen LogP contribution in [-0.4, -0.2) is 16.1 Å². The molecule has 23 heavy (non-hydrogen) atoms. The molecule has 0 aliphatic rings. The van der Waals surface area contributed by atoms with Crippen molar-refractivity contribution in [1.82, 2.24) is 9.88 Å². The number of nitrogens with one attached hydrogen (secondary N) is 2. The van der Waals surface area contributed by atoms with E-state index in [2.05, 4.69) is 15.2 Å². The number of nitrogens with zero attached hydrogens (tertiary/aromatic N) is 2. The largest absolute Gasteiger partial charge is 0.354 e. The number of amides is 2. The summed E-state index contributed by atoms with van der Waals surface area (Å²) in [5.41, 5.74) is 0.471. The lowest BCUT2D eigenvalue weighted by Gasteiger charge is -2.05. The molecule has 0 fully saturated rings. The number of rotatable bonds is 4. The predicted molar refractivity (Wildman–Crippen MR) is 85.1 cm³/mol. The number of carbonyl (C=O) groups is 1. The molecule has 0 atom stereocenters. The molecule has 2 N–H and O–H groups in total. The second-order valence-electron chi connectivity index (χ2n) is 4.41. The van der Waals surface area contributed by atoms with E-state index in [1.807, 2.05) is 0 Å². The molecule has 3 aromatic rings. The highest BCUT2D eigenvalue weighted by atomic mass is 32.2. The first-order valence-corrected chi connectivity index (χ1v) is 7.28. The van der Waals surface area contributed by atoms with Crippen LogP contribution in [-0.2, 0) is 0 Å². The van der Waals surface area contributed by atoms with Crippen LogP contribution >= 0.6 is 11.9 Å². The lowest BCUT2D eigenvalue weighted by Crippen LogP contribution is -2.23. The first-order valence-electron chi connectivity index (χ1n) is 6.47. The number of urea groups is 1. The minimum atomic E-state index is -0.563. The summed E-state index contributed by atoms with van der Waals surface area (Å²) >= 11 is 0.849. The third-order valence-corrected chi connectivity index (χ3v) is 3.78. The number of nitro benzene ring substituents is 1. The SMILES string of the molecule is O=C(NSc1ccccc1[N+](=O)[O-])Nc1noc2ccccc12. The average Bonchev–Trinajstić information content (AvgIpc) is 2.96. The monoisotopic (exact) mass is 330 g/mol. The number of benzene rings is 2. The predicted octanol–water partition coefficient (Wildman–Crippen LogP) is 3.56. The second-order valence-corrected chi connectivity index (χ2v) is 5.26. The number of fused-ring (bicyclic) bond motifs is 1. The third kappa shape index (κ3) is 3.24. The van der Waals surface area contributed by atoms with E-state index in [1.165, 1.54) is 6.07 Å². The number of hydrogen-bond acceptors (Lipinski definition) is 6. The van der Waals surface area contributed by atoms with Gasteiger partial charge in [-0.1, -0.05) is 29.4 Å². The van der Waals surface area contributed by atoms with E-state index in [9.17, 15) is 14.9 Å². The fraction of sp³-hybridized carbons (Fsp3) is 0. The van der Waals surface area contributed by atoms with Gasteiger partial charge in [0.1, 0.15) is 4.90 Å². The van der Waals surface area contributed by atoms with E-state index >= 15 is 0 Å². The molecule has 0 aliphatic carbocycles. The molecule has 9 heteroatoms. The van der Waals surface area contributed by atoms with Gasteiger partial charge in [0.15, 0.2) is 11.4 Å². The molecule has 1 aromatic heterocycles. The smallest absolute Gasteiger partial charge is 0.330 e. The molecule has 0 unspecified atom stereocenters. The minimum absolute atomic E-state index is 0.0790. The maximum absolute atomic E-state index is 11.9. The molecule has 2 aromatic carbocycles. The zero-order valence-corrected chi connectivity index (χ0v) is 12.4. The van der Waals surface area contributed by atoms with Crippen molar-refractivity contribution in [2.45, 2.75) is 4.90 Å². The molecular weight excluding hydrogens is 320 g/mol. The van der Waals surface area contributed by atoms with Crippen LogP contribution in [0.2, 0.25) is 0 Å². The van der Waals surface area contributed by atoms with Crippen molar-refractivity contribution in [3.8, 4) is 0 Å². The third-order valence-electron chi connectivity index (χ3n) is 2.93. The van der Waals surface area contributed by atoms with Gasteiger partial charge >= 0.3 is 6.03 Å². The van der Waals surface area contributed by atoms with Gasteiger partial charge in [-0.25, -0.2) is 4.79 Å². The van der Waals surface area contributed by atoms with Crippen molar-refractivity contribution in [3.05, 3.63) is 58.6 Å². The zero-order valence-electron chi connectivity index (χ0n) is 11.6. The summed E-state index contributed by atoms with van der Waals surface area (Å²) in [5.74, 6) is 0.279. The summed E-state index contributed by atoms with van der Waals surface area (Å²) in [4.78, 5) is 22.6. The first kappa shape index (κ1) is 14.9. The fourth-order valence-corrected chi connectivity index (χ4v) is 2.55. The van der Waals surface area contributed by atoms with E-state index in [-0.39, 0.29) is 11.5 Å². The van der Waals surface area contributed by atoms with Crippen molar-refractivity contribution in [2.24, 2.45) is 0 Å². The summed E-state index contributed by atoms with van der Waals surface area (Å²) in [6.07, 6.45) is 0. The van der Waals surface area contributed by atoms with Crippen LogP contribution in [0.15, 0.2) is 57.9 Å². The van der Waals surface area contributed by atoms with Gasteiger partial charge in [0.05, 0.1) is 10.3 Å². The summed E-state index contributed by atoms with van der Waals surface area (Å²) < 4.78 is 7.55. The Kier molecular flexibility index (Phi) is 4.11. The first-order chi connectivity index (χ1) is 11.1. The maximum atomic E-state index is 11.9. The van der Waals surface area contributed by atoms with Gasteiger partial charge in [-0.3, -0.25) is 20.2 Å². The van der Waals surface area contributed by atoms with Gasteiger partial charge < -0.3 is 4.52 Å². The number of para-hydroxylation sites is 2. The van der Waals surface area contributed by atoms with Crippen molar-refractivity contribution in [2.75, 3.05) is 5.32 Å². The molecule has 1 heterocycles. The van der Waals surface area contributed by atoms with Crippen molar-refractivity contribution >= 4 is 40.5 Å². The Morgan fingerprint density at radius 2 is 1.91 bits per heavy atom. The van der Waals surface area contributed by atoms with Gasteiger partial charge in [0, 0.05) is 6.07 Å². The van der Waals surface area contributed by atoms with E-state index in [0.717, 1.165) is 11.9 Å². The molecule has 0 bridgehead atoms. The molecule has 0 aliphatic heterocycles. The molecular formula is C14H10N4O4S. The molecule has 0 radical (unpaired) electrons. The number of hydrogen-bond donors (Lipinski definition) is 2. The van der Waals surface area contributed by atoms with Crippen molar-refractivity contribution in [1.29, 1.82) is 0 Å². The standard InChI is InChI=1S/C14H10N4O4S/c19-14(15-13-9-5-1-3-7-11(9)22-16-13)17-23-12-8-4-2-6-10(12)18(20)21/h1-8H,(H2,15,16,17,19). The molecule has 2 amide bonds. The fourth-order valence-electron chi connectivity index (χ4n) is 1.90. The zero-order chi connectivity index (χ0) is 16.2. The van der Waals surface area contributed by atoms with Gasteiger partial charge in [-0.2, -0.15) is 0 Å². The average molecular weight is 330 g/mol. The molecule has 0 spiro atoms. The van der Waals surface area contributed by atoms with Crippen LogP contribution in [0, 0.1) is 10.1 Å². The Bertz CT molecular complexity index is 880.